The topological polar surface area (TPSA) is 74.3 Å². The van der Waals surface area contributed by atoms with E-state index in [0.29, 0.717) is 35.6 Å². The Morgan fingerprint density at radius 1 is 1.31 bits per heavy atom. The maximum atomic E-state index is 12.8. The van der Waals surface area contributed by atoms with Gasteiger partial charge in [-0.1, -0.05) is 18.5 Å². The first-order valence-electron chi connectivity index (χ1n) is 9.94. The van der Waals surface area contributed by atoms with Crippen molar-refractivity contribution in [2.45, 2.75) is 39.0 Å². The highest BCUT2D eigenvalue weighted by molar-refractivity contribution is 6.30. The number of piperidine rings is 2. The Hall–Kier alpha value is -1.08. The number of rotatable bonds is 5. The van der Waals surface area contributed by atoms with E-state index in [4.69, 9.17) is 11.6 Å². The van der Waals surface area contributed by atoms with Crippen LogP contribution in [0.4, 0.5) is 5.82 Å². The van der Waals surface area contributed by atoms with Crippen molar-refractivity contribution >= 4 is 54.0 Å². The fourth-order valence-corrected chi connectivity index (χ4v) is 4.14. The zero-order valence-electron chi connectivity index (χ0n) is 16.7. The molecule has 2 amide bonds. The van der Waals surface area contributed by atoms with Crippen LogP contribution in [0.1, 0.15) is 39.0 Å². The molecule has 2 aliphatic heterocycles. The second-order valence-corrected chi connectivity index (χ2v) is 8.25. The van der Waals surface area contributed by atoms with E-state index in [1.807, 2.05) is 4.90 Å². The van der Waals surface area contributed by atoms with Crippen LogP contribution >= 0.6 is 36.4 Å². The number of carbonyl (C=O) groups excluding carboxylic acids is 2. The number of nitrogens with zero attached hydrogens (tertiary/aromatic N) is 2. The molecule has 0 radical (unpaired) electrons. The smallest absolute Gasteiger partial charge is 0.230 e. The van der Waals surface area contributed by atoms with Gasteiger partial charge in [-0.3, -0.25) is 9.59 Å². The Balaban J connectivity index is 0.00000210. The molecule has 6 nitrogen and oxygen atoms in total. The molecule has 3 unspecified atom stereocenters. The molecular formula is C20H31Cl3N4O2. The van der Waals surface area contributed by atoms with Gasteiger partial charge in [-0.05, 0) is 62.7 Å². The third kappa shape index (κ3) is 7.59. The number of anilines is 1. The third-order valence-electron chi connectivity index (χ3n) is 5.76. The highest BCUT2D eigenvalue weighted by Gasteiger charge is 2.30. The van der Waals surface area contributed by atoms with E-state index >= 15 is 0 Å². The number of aromatic nitrogens is 1. The van der Waals surface area contributed by atoms with Gasteiger partial charge in [-0.15, -0.1) is 24.8 Å². The molecule has 0 aromatic carbocycles. The SMILES string of the molecule is CC(CC(=O)N1CCCC(C(=O)Nc2ccc(Cl)cn2)C1)C1CCCNC1.Cl.Cl. The van der Waals surface area contributed by atoms with Crippen molar-refractivity contribution in [1.82, 2.24) is 15.2 Å². The normalized spacial score (nSPS) is 22.6. The first-order valence-corrected chi connectivity index (χ1v) is 10.3. The number of carbonyl (C=O) groups is 2. The zero-order valence-corrected chi connectivity index (χ0v) is 19.1. The van der Waals surface area contributed by atoms with Crippen molar-refractivity contribution in [3.63, 3.8) is 0 Å². The van der Waals surface area contributed by atoms with Gasteiger partial charge in [0.05, 0.1) is 10.9 Å². The van der Waals surface area contributed by atoms with Gasteiger partial charge in [0.15, 0.2) is 0 Å². The van der Waals surface area contributed by atoms with E-state index in [0.717, 1.165) is 32.5 Å². The number of halogens is 3. The average molecular weight is 466 g/mol. The summed E-state index contributed by atoms with van der Waals surface area (Å²) >= 11 is 5.83. The summed E-state index contributed by atoms with van der Waals surface area (Å²) in [6, 6.07) is 3.38. The van der Waals surface area contributed by atoms with E-state index in [1.165, 1.54) is 19.0 Å². The van der Waals surface area contributed by atoms with Crippen LogP contribution in [0.5, 0.6) is 0 Å². The second-order valence-electron chi connectivity index (χ2n) is 7.82. The molecule has 9 heteroatoms. The Labute approximate surface area is 190 Å². The molecule has 2 saturated heterocycles. The number of pyridine rings is 1. The Kier molecular flexibility index (Phi) is 11.3. The minimum absolute atomic E-state index is 0. The second kappa shape index (κ2) is 12.6. The van der Waals surface area contributed by atoms with E-state index < -0.39 is 0 Å². The lowest BCUT2D eigenvalue weighted by Gasteiger charge is -2.34. The summed E-state index contributed by atoms with van der Waals surface area (Å²) in [7, 11) is 0. The van der Waals surface area contributed by atoms with Gasteiger partial charge >= 0.3 is 0 Å². The molecule has 164 valence electrons. The quantitative estimate of drug-likeness (QED) is 0.694. The molecule has 0 saturated carbocycles. The molecule has 0 bridgehead atoms. The lowest BCUT2D eigenvalue weighted by atomic mass is 9.85. The summed E-state index contributed by atoms with van der Waals surface area (Å²) in [6.07, 6.45) is 6.12. The van der Waals surface area contributed by atoms with E-state index in [-0.39, 0.29) is 42.5 Å². The molecule has 1 aromatic heterocycles. The zero-order chi connectivity index (χ0) is 19.2. The molecule has 0 spiro atoms. The molecule has 1 aromatic rings. The molecule has 2 fully saturated rings. The lowest BCUT2D eigenvalue weighted by molar-refractivity contribution is -0.135. The monoisotopic (exact) mass is 464 g/mol. The van der Waals surface area contributed by atoms with Crippen LogP contribution < -0.4 is 10.6 Å². The van der Waals surface area contributed by atoms with Crippen LogP contribution in [-0.4, -0.2) is 47.9 Å². The third-order valence-corrected chi connectivity index (χ3v) is 5.98. The van der Waals surface area contributed by atoms with Crippen molar-refractivity contribution in [2.75, 3.05) is 31.5 Å². The highest BCUT2D eigenvalue weighted by atomic mass is 35.5. The first-order chi connectivity index (χ1) is 13.0. The summed E-state index contributed by atoms with van der Waals surface area (Å²) in [5.74, 6) is 1.35. The lowest BCUT2D eigenvalue weighted by Crippen LogP contribution is -2.45. The predicted molar refractivity (Wildman–Crippen MR) is 121 cm³/mol. The van der Waals surface area contributed by atoms with Crippen molar-refractivity contribution in [1.29, 1.82) is 0 Å². The Bertz CT molecular complexity index is 654. The molecule has 2 N–H and O–H groups in total. The molecule has 29 heavy (non-hydrogen) atoms. The van der Waals surface area contributed by atoms with Crippen LogP contribution in [-0.2, 0) is 9.59 Å². The number of amides is 2. The van der Waals surface area contributed by atoms with Gasteiger partial charge in [0.1, 0.15) is 5.82 Å². The van der Waals surface area contributed by atoms with Crippen LogP contribution in [0.3, 0.4) is 0 Å². The van der Waals surface area contributed by atoms with Crippen molar-refractivity contribution in [3.05, 3.63) is 23.4 Å². The summed E-state index contributed by atoms with van der Waals surface area (Å²) < 4.78 is 0. The molecule has 2 aliphatic rings. The van der Waals surface area contributed by atoms with Gasteiger partial charge in [0.2, 0.25) is 11.8 Å². The predicted octanol–water partition coefficient (Wildman–Crippen LogP) is 3.78. The summed E-state index contributed by atoms with van der Waals surface area (Å²) in [6.45, 7) is 5.51. The van der Waals surface area contributed by atoms with Gasteiger partial charge in [0.25, 0.3) is 0 Å². The van der Waals surface area contributed by atoms with Gasteiger partial charge < -0.3 is 15.5 Å². The largest absolute Gasteiger partial charge is 0.342 e. The minimum atomic E-state index is -0.188. The maximum absolute atomic E-state index is 12.8. The first kappa shape index (κ1) is 26.0. The highest BCUT2D eigenvalue weighted by Crippen LogP contribution is 2.25. The van der Waals surface area contributed by atoms with Gasteiger partial charge in [-0.25, -0.2) is 4.98 Å². The van der Waals surface area contributed by atoms with E-state index in [2.05, 4.69) is 22.5 Å². The fraction of sp³-hybridized carbons (Fsp3) is 0.650. The van der Waals surface area contributed by atoms with Crippen LogP contribution in [0, 0.1) is 17.8 Å². The van der Waals surface area contributed by atoms with Crippen molar-refractivity contribution in [3.8, 4) is 0 Å². The number of nitrogens with one attached hydrogen (secondary N) is 2. The number of hydrogen-bond acceptors (Lipinski definition) is 4. The fourth-order valence-electron chi connectivity index (χ4n) is 4.03. The van der Waals surface area contributed by atoms with Crippen LogP contribution in [0.25, 0.3) is 0 Å². The van der Waals surface area contributed by atoms with Gasteiger partial charge in [0, 0.05) is 25.7 Å². The Morgan fingerprint density at radius 3 is 2.76 bits per heavy atom. The summed E-state index contributed by atoms with van der Waals surface area (Å²) in [5, 5.41) is 6.79. The summed E-state index contributed by atoms with van der Waals surface area (Å²) in [4.78, 5) is 31.3. The van der Waals surface area contributed by atoms with E-state index in [1.54, 1.807) is 12.1 Å². The molecule has 3 atom stereocenters. The number of hydrogen-bond donors (Lipinski definition) is 2. The Morgan fingerprint density at radius 2 is 2.10 bits per heavy atom. The maximum Gasteiger partial charge on any atom is 0.230 e. The standard InChI is InChI=1S/C20H29ClN4O2.2ClH/c1-14(15-4-2-8-22-11-15)10-19(26)25-9-3-5-16(13-25)20(27)24-18-7-6-17(21)12-23-18;;/h6-7,12,14-16,22H,2-5,8-11,13H2,1H3,(H,23,24,27);2*1H. The molecule has 3 heterocycles. The summed E-state index contributed by atoms with van der Waals surface area (Å²) in [5.41, 5.74) is 0. The minimum Gasteiger partial charge on any atom is -0.342 e. The van der Waals surface area contributed by atoms with Gasteiger partial charge in [-0.2, -0.15) is 0 Å². The van der Waals surface area contributed by atoms with E-state index in [9.17, 15) is 9.59 Å². The molecule has 0 aliphatic carbocycles. The van der Waals surface area contributed by atoms with Crippen LogP contribution in [0.15, 0.2) is 18.3 Å². The average Bonchev–Trinajstić information content (AvgIpc) is 2.70. The molecule has 3 rings (SSSR count). The number of likely N-dealkylation sites (tertiary alicyclic amines) is 1. The molecular weight excluding hydrogens is 435 g/mol. The van der Waals surface area contributed by atoms with Crippen LogP contribution in [0.2, 0.25) is 5.02 Å². The van der Waals surface area contributed by atoms with Crippen molar-refractivity contribution < 1.29 is 9.59 Å². The van der Waals surface area contributed by atoms with Crippen molar-refractivity contribution in [2.24, 2.45) is 17.8 Å².